The number of hydrogen-bond acceptors (Lipinski definition) is 1. The first-order valence-corrected chi connectivity index (χ1v) is 0.901. The van der Waals surface area contributed by atoms with Gasteiger partial charge in [0.1, 0.15) is 0 Å². The molecule has 0 unspecified atom stereocenters. The van der Waals surface area contributed by atoms with E-state index in [4.69, 9.17) is 4.79 Å². The largest absolute Gasteiger partial charge is 1.00 e. The van der Waals surface area contributed by atoms with Gasteiger partial charge in [-0.1, -0.05) is 0 Å². The predicted octanol–water partition coefficient (Wildman–Crippen LogP) is 0.280. The first kappa shape index (κ1) is 8.94. The molecule has 2 heteroatoms. The van der Waals surface area contributed by atoms with Gasteiger partial charge in [-0.2, -0.15) is 0 Å². The summed E-state index contributed by atoms with van der Waals surface area (Å²) in [4.78, 5) is 8.93. The van der Waals surface area contributed by atoms with Gasteiger partial charge in [0, 0.05) is 0 Å². The van der Waals surface area contributed by atoms with Gasteiger partial charge < -0.3 is 4.79 Å². The smallest absolute Gasteiger partial charge is 0.419 e. The van der Waals surface area contributed by atoms with Crippen molar-refractivity contribution in [3.63, 3.8) is 0 Å². The fourth-order valence-corrected chi connectivity index (χ4v) is 0. The molecule has 1 nitrogen and oxygen atoms in total. The summed E-state index contributed by atoms with van der Waals surface area (Å²) in [6, 6.07) is 0. The van der Waals surface area contributed by atoms with Crippen LogP contribution in [0, 0.1) is 0 Å². The van der Waals surface area contributed by atoms with E-state index in [0.29, 0.717) is 0 Å². The van der Waals surface area contributed by atoms with E-state index < -0.39 is 0 Å². The number of hydrogen-bond donors (Lipinski definition) is 0. The van der Waals surface area contributed by atoms with Crippen LogP contribution in [0.5, 0.6) is 0 Å². The first-order valence-electron chi connectivity index (χ1n) is 0.901. The molecule has 0 saturated carbocycles. The summed E-state index contributed by atoms with van der Waals surface area (Å²) < 4.78 is 0. The zero-order valence-corrected chi connectivity index (χ0v) is 3.98. The number of carbonyl (C=O) groups excluding carboxylic acids is 1. The molecule has 0 radical (unpaired) electrons. The second-order valence-corrected chi connectivity index (χ2v) is 0.322. The molecule has 0 spiro atoms. The van der Waals surface area contributed by atoms with Crippen LogP contribution in [0.25, 0.3) is 0 Å². The molecule has 0 aromatic heterocycles. The average molecular weight is 163 g/mol. The summed E-state index contributed by atoms with van der Waals surface area (Å²) in [5.74, 6) is 0. The van der Waals surface area contributed by atoms with Gasteiger partial charge >= 0.3 is 22.4 Å². The summed E-state index contributed by atoms with van der Waals surface area (Å²) in [6.45, 7) is 3.06. The van der Waals surface area contributed by atoms with E-state index in [1.54, 1.807) is 0 Å². The minimum Gasteiger partial charge on any atom is -0.419 e. The maximum Gasteiger partial charge on any atom is 1.00 e. The third-order valence-electron chi connectivity index (χ3n) is 0.0833. The van der Waals surface area contributed by atoms with Gasteiger partial charge in [0.2, 0.25) is 0 Å². The molecule has 0 aliphatic carbocycles. The van der Waals surface area contributed by atoms with Crippen LogP contribution in [0.1, 0.15) is 0 Å². The van der Waals surface area contributed by atoms with Crippen molar-refractivity contribution < 1.29 is 27.2 Å². The van der Waals surface area contributed by atoms with Gasteiger partial charge in [0.25, 0.3) is 0 Å². The van der Waals surface area contributed by atoms with Crippen LogP contribution < -0.4 is 0 Å². The van der Waals surface area contributed by atoms with Gasteiger partial charge in [-0.25, -0.2) is 12.7 Å². The van der Waals surface area contributed by atoms with Crippen molar-refractivity contribution in [1.82, 2.24) is 0 Å². The summed E-state index contributed by atoms with van der Waals surface area (Å²) >= 11 is 0. The second kappa shape index (κ2) is 8.91. The van der Waals surface area contributed by atoms with E-state index in [1.807, 2.05) is 0 Å². The topological polar surface area (TPSA) is 17.1 Å². The molecule has 5 heavy (non-hydrogen) atoms. The predicted molar refractivity (Wildman–Crippen MR) is 15.9 cm³/mol. The summed E-state index contributed by atoms with van der Waals surface area (Å²) in [5.41, 5.74) is 0. The maximum absolute atomic E-state index is 8.93. The van der Waals surface area contributed by atoms with Crippen LogP contribution in [-0.2, 0) is 27.2 Å². The Hall–Kier alpha value is 0.150. The van der Waals surface area contributed by atoms with E-state index in [1.165, 1.54) is 6.29 Å². The Morgan fingerprint density at radius 1 is 1.80 bits per heavy atom. The molecule has 0 aliphatic heterocycles. The molecule has 0 atom stereocenters. The molecule has 32 valence electrons. The fourth-order valence-electron chi connectivity index (χ4n) is 0. The summed E-state index contributed by atoms with van der Waals surface area (Å²) in [6.07, 6.45) is 2.51. The van der Waals surface area contributed by atoms with Gasteiger partial charge in [0.05, 0.1) is 0 Å². The van der Waals surface area contributed by atoms with Crippen molar-refractivity contribution in [2.24, 2.45) is 0 Å². The molecule has 0 aromatic rings. The third kappa shape index (κ3) is 14.5. The number of rotatable bonds is 1. The second-order valence-electron chi connectivity index (χ2n) is 0.322. The van der Waals surface area contributed by atoms with Crippen LogP contribution in [0.3, 0.4) is 0 Å². The summed E-state index contributed by atoms with van der Waals surface area (Å²) in [7, 11) is 0. The van der Waals surface area contributed by atoms with E-state index in [-0.39, 0.29) is 22.4 Å². The van der Waals surface area contributed by atoms with Crippen molar-refractivity contribution in [3.05, 3.63) is 12.7 Å². The van der Waals surface area contributed by atoms with Crippen molar-refractivity contribution in [3.8, 4) is 0 Å². The fraction of sp³-hybridized carbons (Fsp3) is 0. The van der Waals surface area contributed by atoms with Crippen molar-refractivity contribution in [1.29, 1.82) is 0 Å². The van der Waals surface area contributed by atoms with Crippen molar-refractivity contribution in [2.45, 2.75) is 0 Å². The molecule has 0 bridgehead atoms. The zero-order chi connectivity index (χ0) is 3.41. The van der Waals surface area contributed by atoms with E-state index >= 15 is 0 Å². The molecule has 0 rings (SSSR count). The maximum atomic E-state index is 8.93. The third-order valence-corrected chi connectivity index (χ3v) is 0.0833. The Balaban J connectivity index is 0. The Kier molecular flexibility index (Phi) is 15.9. The SMILES string of the molecule is C=C[C-]=O.[Ag+]. The normalized spacial score (nSPS) is 4.00. The van der Waals surface area contributed by atoms with Crippen molar-refractivity contribution in [2.75, 3.05) is 0 Å². The molecule has 0 aliphatic rings. The van der Waals surface area contributed by atoms with E-state index in [0.717, 1.165) is 6.08 Å². The Morgan fingerprint density at radius 3 is 2.00 bits per heavy atom. The molecule has 0 heterocycles. The molecule has 0 fully saturated rings. The molecule has 0 N–H and O–H groups in total. The van der Waals surface area contributed by atoms with Crippen LogP contribution in [-0.4, -0.2) is 6.29 Å². The molecule has 0 aromatic carbocycles. The Morgan fingerprint density at radius 2 is 2.00 bits per heavy atom. The van der Waals surface area contributed by atoms with Gasteiger partial charge in [0.15, 0.2) is 0 Å². The zero-order valence-electron chi connectivity index (χ0n) is 2.49. The van der Waals surface area contributed by atoms with Gasteiger partial charge in [-0.3, -0.25) is 0 Å². The monoisotopic (exact) mass is 162 g/mol. The van der Waals surface area contributed by atoms with Crippen LogP contribution in [0.15, 0.2) is 12.7 Å². The van der Waals surface area contributed by atoms with Crippen molar-refractivity contribution >= 4 is 6.29 Å². The standard InChI is InChI=1S/C3H3O.Ag/c1-2-3-4;/h2H,1H2;/q-1;+1. The van der Waals surface area contributed by atoms with Crippen LogP contribution in [0.4, 0.5) is 0 Å². The van der Waals surface area contributed by atoms with Gasteiger partial charge in [-0.05, 0) is 6.29 Å². The molecule has 0 saturated heterocycles. The summed E-state index contributed by atoms with van der Waals surface area (Å²) in [5, 5.41) is 0. The average Bonchev–Trinajstić information content (AvgIpc) is 1.37. The molecular formula is C3H3AgO. The Bertz CT molecular complexity index is 27.9. The molecular weight excluding hydrogens is 160 g/mol. The van der Waals surface area contributed by atoms with E-state index in [2.05, 4.69) is 6.58 Å². The Labute approximate surface area is 46.6 Å². The minimum atomic E-state index is 0. The number of allylic oxidation sites excluding steroid dienone is 1. The quantitative estimate of drug-likeness (QED) is 0.308. The minimum absolute atomic E-state index is 0. The van der Waals surface area contributed by atoms with Crippen LogP contribution >= 0.6 is 0 Å². The molecule has 0 amide bonds. The first-order chi connectivity index (χ1) is 1.91. The van der Waals surface area contributed by atoms with Crippen LogP contribution in [0.2, 0.25) is 0 Å². The van der Waals surface area contributed by atoms with Gasteiger partial charge in [-0.15, -0.1) is 0 Å². The van der Waals surface area contributed by atoms with E-state index in [9.17, 15) is 0 Å².